The van der Waals surface area contributed by atoms with Crippen LogP contribution in [0.5, 0.6) is 0 Å². The van der Waals surface area contributed by atoms with Gasteiger partial charge in [0.15, 0.2) is 0 Å². The van der Waals surface area contributed by atoms with Crippen LogP contribution in [-0.4, -0.2) is 41.8 Å². The Hall–Kier alpha value is -1.21. The molecule has 0 aliphatic carbocycles. The highest BCUT2D eigenvalue weighted by atomic mass is 32.2. The number of nitrogens with zero attached hydrogens (tertiary/aromatic N) is 3. The molecule has 1 N–H and O–H groups in total. The second kappa shape index (κ2) is 5.42. The van der Waals surface area contributed by atoms with E-state index in [1.165, 1.54) is 12.4 Å². The number of hydrogen-bond acceptors (Lipinski definition) is 5. The standard InChI is InChI=1S/C12H20N4O2S/c1-4-13-12-14-6-11(7-15-12)19(17,18)16-8-9(2)5-10(16)3/h6-7,9-10H,4-5,8H2,1-3H3,(H,13,14,15). The largest absolute Gasteiger partial charge is 0.355 e. The Morgan fingerprint density at radius 3 is 2.47 bits per heavy atom. The van der Waals surface area contributed by atoms with Crippen molar-refractivity contribution in [1.82, 2.24) is 14.3 Å². The molecule has 7 heteroatoms. The lowest BCUT2D eigenvalue weighted by molar-refractivity contribution is 0.405. The molecule has 1 aliphatic rings. The average Bonchev–Trinajstić information content (AvgIpc) is 2.70. The van der Waals surface area contributed by atoms with Crippen molar-refractivity contribution in [2.24, 2.45) is 5.92 Å². The molecular weight excluding hydrogens is 264 g/mol. The van der Waals surface area contributed by atoms with Crippen LogP contribution in [-0.2, 0) is 10.0 Å². The van der Waals surface area contributed by atoms with Crippen LogP contribution < -0.4 is 5.32 Å². The van der Waals surface area contributed by atoms with Crippen LogP contribution in [0.3, 0.4) is 0 Å². The maximum Gasteiger partial charge on any atom is 0.246 e. The fourth-order valence-electron chi connectivity index (χ4n) is 2.43. The van der Waals surface area contributed by atoms with Crippen molar-refractivity contribution in [3.63, 3.8) is 0 Å². The smallest absolute Gasteiger partial charge is 0.246 e. The zero-order chi connectivity index (χ0) is 14.0. The molecule has 1 aromatic heterocycles. The van der Waals surface area contributed by atoms with Gasteiger partial charge in [0.25, 0.3) is 0 Å². The zero-order valence-corrected chi connectivity index (χ0v) is 12.3. The topological polar surface area (TPSA) is 75.2 Å². The Bertz CT molecular complexity index is 529. The summed E-state index contributed by atoms with van der Waals surface area (Å²) < 4.78 is 26.5. The first-order valence-electron chi connectivity index (χ1n) is 6.53. The molecule has 0 spiro atoms. The molecule has 0 radical (unpaired) electrons. The van der Waals surface area contributed by atoms with E-state index in [1.54, 1.807) is 4.31 Å². The van der Waals surface area contributed by atoms with Crippen molar-refractivity contribution >= 4 is 16.0 Å². The molecule has 2 heterocycles. The first-order chi connectivity index (χ1) is 8.95. The molecule has 1 saturated heterocycles. The van der Waals surface area contributed by atoms with E-state index in [0.29, 0.717) is 25.0 Å². The van der Waals surface area contributed by atoms with Gasteiger partial charge in [0, 0.05) is 19.1 Å². The summed E-state index contributed by atoms with van der Waals surface area (Å²) in [6.07, 6.45) is 3.64. The maximum atomic E-state index is 12.5. The molecule has 1 fully saturated rings. The molecule has 1 aliphatic heterocycles. The first kappa shape index (κ1) is 14.2. The monoisotopic (exact) mass is 284 g/mol. The van der Waals surface area contributed by atoms with Gasteiger partial charge in [0.1, 0.15) is 4.90 Å². The van der Waals surface area contributed by atoms with Gasteiger partial charge in [0.05, 0.1) is 12.4 Å². The molecule has 0 aromatic carbocycles. The van der Waals surface area contributed by atoms with Crippen LogP contribution in [0.15, 0.2) is 17.3 Å². The molecule has 106 valence electrons. The molecule has 0 saturated carbocycles. The minimum absolute atomic E-state index is 0.0356. The molecule has 2 atom stereocenters. The average molecular weight is 284 g/mol. The summed E-state index contributed by atoms with van der Waals surface area (Å²) in [6, 6.07) is 0.0356. The minimum atomic E-state index is -3.47. The fourth-order valence-corrected chi connectivity index (χ4v) is 4.08. The van der Waals surface area contributed by atoms with E-state index >= 15 is 0 Å². The molecule has 6 nitrogen and oxygen atoms in total. The quantitative estimate of drug-likeness (QED) is 0.902. The van der Waals surface area contributed by atoms with Gasteiger partial charge in [-0.3, -0.25) is 0 Å². The van der Waals surface area contributed by atoms with Crippen molar-refractivity contribution in [3.8, 4) is 0 Å². The lowest BCUT2D eigenvalue weighted by atomic mass is 10.1. The third kappa shape index (κ3) is 2.87. The Labute approximate surface area is 114 Å². The highest BCUT2D eigenvalue weighted by Gasteiger charge is 2.36. The number of nitrogens with one attached hydrogen (secondary N) is 1. The SMILES string of the molecule is CCNc1ncc(S(=O)(=O)N2CC(C)CC2C)cn1. The molecule has 0 bridgehead atoms. The van der Waals surface area contributed by atoms with Crippen molar-refractivity contribution in [2.45, 2.75) is 38.1 Å². The third-order valence-corrected chi connectivity index (χ3v) is 5.23. The lowest BCUT2D eigenvalue weighted by Crippen LogP contribution is -2.34. The fraction of sp³-hybridized carbons (Fsp3) is 0.667. The number of hydrogen-bond donors (Lipinski definition) is 1. The van der Waals surface area contributed by atoms with Gasteiger partial charge in [-0.2, -0.15) is 4.31 Å². The van der Waals surface area contributed by atoms with E-state index < -0.39 is 10.0 Å². The number of rotatable bonds is 4. The predicted octanol–water partition coefficient (Wildman–Crippen LogP) is 1.33. The molecule has 2 unspecified atom stereocenters. The highest BCUT2D eigenvalue weighted by Crippen LogP contribution is 2.28. The van der Waals surface area contributed by atoms with E-state index in [1.807, 2.05) is 13.8 Å². The van der Waals surface area contributed by atoms with Crippen LogP contribution in [0, 0.1) is 5.92 Å². The van der Waals surface area contributed by atoms with Crippen molar-refractivity contribution in [3.05, 3.63) is 12.4 Å². The molecule has 19 heavy (non-hydrogen) atoms. The highest BCUT2D eigenvalue weighted by molar-refractivity contribution is 7.89. The summed E-state index contributed by atoms with van der Waals surface area (Å²) in [6.45, 7) is 7.21. The first-order valence-corrected chi connectivity index (χ1v) is 7.97. The number of aromatic nitrogens is 2. The van der Waals surface area contributed by atoms with Gasteiger partial charge in [-0.25, -0.2) is 18.4 Å². The Kier molecular flexibility index (Phi) is 4.05. The van der Waals surface area contributed by atoms with Crippen LogP contribution in [0.25, 0.3) is 0 Å². The van der Waals surface area contributed by atoms with Gasteiger partial charge in [-0.1, -0.05) is 6.92 Å². The summed E-state index contributed by atoms with van der Waals surface area (Å²) >= 11 is 0. The van der Waals surface area contributed by atoms with E-state index in [9.17, 15) is 8.42 Å². The van der Waals surface area contributed by atoms with Gasteiger partial charge in [-0.15, -0.1) is 0 Å². The minimum Gasteiger partial charge on any atom is -0.355 e. The van der Waals surface area contributed by atoms with E-state index in [-0.39, 0.29) is 10.9 Å². The molecular formula is C12H20N4O2S. The van der Waals surface area contributed by atoms with Crippen LogP contribution in [0.2, 0.25) is 0 Å². The molecule has 0 amide bonds. The second-order valence-corrected chi connectivity index (χ2v) is 6.93. The van der Waals surface area contributed by atoms with Crippen LogP contribution in [0.1, 0.15) is 27.2 Å². The van der Waals surface area contributed by atoms with E-state index in [4.69, 9.17) is 0 Å². The Balaban J connectivity index is 2.24. The summed E-state index contributed by atoms with van der Waals surface area (Å²) in [5.74, 6) is 0.844. The van der Waals surface area contributed by atoms with Crippen molar-refractivity contribution in [1.29, 1.82) is 0 Å². The summed E-state index contributed by atoms with van der Waals surface area (Å²) in [5, 5.41) is 2.94. The van der Waals surface area contributed by atoms with Crippen molar-refractivity contribution in [2.75, 3.05) is 18.4 Å². The van der Waals surface area contributed by atoms with E-state index in [0.717, 1.165) is 6.42 Å². The molecule has 2 rings (SSSR count). The van der Waals surface area contributed by atoms with Gasteiger partial charge in [-0.05, 0) is 26.2 Å². The molecule has 1 aromatic rings. The maximum absolute atomic E-state index is 12.5. The van der Waals surface area contributed by atoms with E-state index in [2.05, 4.69) is 22.2 Å². The van der Waals surface area contributed by atoms with Crippen LogP contribution in [0.4, 0.5) is 5.95 Å². The van der Waals surface area contributed by atoms with Gasteiger partial charge in [0.2, 0.25) is 16.0 Å². The van der Waals surface area contributed by atoms with Crippen molar-refractivity contribution < 1.29 is 8.42 Å². The second-order valence-electron chi connectivity index (χ2n) is 5.04. The normalized spacial score (nSPS) is 24.6. The lowest BCUT2D eigenvalue weighted by Gasteiger charge is -2.20. The third-order valence-electron chi connectivity index (χ3n) is 3.30. The summed E-state index contributed by atoms with van der Waals surface area (Å²) in [5.41, 5.74) is 0. The number of sulfonamides is 1. The van der Waals surface area contributed by atoms with Gasteiger partial charge >= 0.3 is 0 Å². The Morgan fingerprint density at radius 2 is 2.00 bits per heavy atom. The summed E-state index contributed by atoms with van der Waals surface area (Å²) in [7, 11) is -3.47. The van der Waals surface area contributed by atoms with Gasteiger partial charge < -0.3 is 5.32 Å². The Morgan fingerprint density at radius 1 is 1.37 bits per heavy atom. The summed E-state index contributed by atoms with van der Waals surface area (Å²) in [4.78, 5) is 8.21. The number of anilines is 1. The predicted molar refractivity (Wildman–Crippen MR) is 73.3 cm³/mol. The van der Waals surface area contributed by atoms with Crippen LogP contribution >= 0.6 is 0 Å². The zero-order valence-electron chi connectivity index (χ0n) is 11.5.